The molecule has 84 valence electrons. The molecular weight excluding hydrogens is 194 g/mol. The van der Waals surface area contributed by atoms with Crippen molar-refractivity contribution in [2.24, 2.45) is 0 Å². The van der Waals surface area contributed by atoms with E-state index in [1.807, 2.05) is 11.5 Å². The third kappa shape index (κ3) is 3.02. The van der Waals surface area contributed by atoms with Crippen LogP contribution in [0.4, 0.5) is 0 Å². The molecule has 0 saturated carbocycles. The van der Waals surface area contributed by atoms with Gasteiger partial charge in [0, 0.05) is 6.54 Å². The number of hydrogen-bond acceptors (Lipinski definition) is 4. The molecule has 1 aromatic heterocycles. The van der Waals surface area contributed by atoms with E-state index in [4.69, 9.17) is 0 Å². The van der Waals surface area contributed by atoms with Gasteiger partial charge < -0.3 is 15.2 Å². The van der Waals surface area contributed by atoms with E-state index in [0.29, 0.717) is 6.54 Å². The van der Waals surface area contributed by atoms with E-state index in [2.05, 4.69) is 20.8 Å². The van der Waals surface area contributed by atoms with Crippen LogP contribution in [0.1, 0.15) is 19.7 Å². The van der Waals surface area contributed by atoms with Crippen molar-refractivity contribution < 1.29 is 4.79 Å². The van der Waals surface area contributed by atoms with Crippen LogP contribution in [0.5, 0.6) is 0 Å². The first kappa shape index (κ1) is 11.6. The molecule has 6 heteroatoms. The Bertz CT molecular complexity index is 322. The average molecular weight is 211 g/mol. The van der Waals surface area contributed by atoms with Crippen LogP contribution in [0, 0.1) is 0 Å². The lowest BCUT2D eigenvalue weighted by Gasteiger charge is -2.10. The summed E-state index contributed by atoms with van der Waals surface area (Å²) in [6.07, 6.45) is 1.66. The van der Waals surface area contributed by atoms with Gasteiger partial charge in [0.2, 0.25) is 5.91 Å². The molecule has 0 aliphatic carbocycles. The Morgan fingerprint density at radius 3 is 3.00 bits per heavy atom. The summed E-state index contributed by atoms with van der Waals surface area (Å²) < 4.78 is 1.89. The monoisotopic (exact) mass is 211 g/mol. The lowest BCUT2D eigenvalue weighted by molar-refractivity contribution is -0.122. The van der Waals surface area contributed by atoms with Gasteiger partial charge in [0.1, 0.15) is 6.33 Å². The summed E-state index contributed by atoms with van der Waals surface area (Å²) in [5.41, 5.74) is 0. The van der Waals surface area contributed by atoms with Crippen LogP contribution < -0.4 is 10.6 Å². The van der Waals surface area contributed by atoms with Gasteiger partial charge in [-0.15, -0.1) is 10.2 Å². The van der Waals surface area contributed by atoms with Crippen LogP contribution in [0.25, 0.3) is 0 Å². The first-order valence-electron chi connectivity index (χ1n) is 5.00. The minimum absolute atomic E-state index is 0.0387. The Hall–Kier alpha value is -1.43. The lowest BCUT2D eigenvalue weighted by Crippen LogP contribution is -2.40. The molecule has 1 rings (SSSR count). The highest BCUT2D eigenvalue weighted by molar-refractivity contribution is 5.81. The Balaban J connectivity index is 2.47. The topological polar surface area (TPSA) is 71.8 Å². The first-order chi connectivity index (χ1) is 7.19. The van der Waals surface area contributed by atoms with E-state index in [-0.39, 0.29) is 11.9 Å². The maximum absolute atomic E-state index is 11.4. The Morgan fingerprint density at radius 2 is 2.40 bits per heavy atom. The summed E-state index contributed by atoms with van der Waals surface area (Å²) in [5.74, 6) is 0.734. The van der Waals surface area contributed by atoms with Gasteiger partial charge in [-0.1, -0.05) is 0 Å². The number of aromatic nitrogens is 3. The number of rotatable bonds is 5. The quantitative estimate of drug-likeness (QED) is 0.690. The summed E-state index contributed by atoms with van der Waals surface area (Å²) in [6, 6.07) is -0.192. The van der Waals surface area contributed by atoms with Gasteiger partial charge in [0.25, 0.3) is 0 Å². The number of nitrogens with one attached hydrogen (secondary N) is 2. The van der Waals surface area contributed by atoms with Crippen molar-refractivity contribution in [3.05, 3.63) is 12.2 Å². The second-order valence-corrected chi connectivity index (χ2v) is 3.26. The number of carbonyl (C=O) groups excluding carboxylic acids is 1. The van der Waals surface area contributed by atoms with Gasteiger partial charge >= 0.3 is 0 Å². The van der Waals surface area contributed by atoms with Crippen LogP contribution in [0.15, 0.2) is 6.33 Å². The van der Waals surface area contributed by atoms with Crippen LogP contribution in [-0.4, -0.2) is 33.8 Å². The van der Waals surface area contributed by atoms with Gasteiger partial charge in [0.15, 0.2) is 5.82 Å². The SMILES string of the molecule is CCn1cnnc1CNC(=O)C(C)NC. The molecule has 0 radical (unpaired) electrons. The average Bonchev–Trinajstić information content (AvgIpc) is 2.71. The molecule has 6 nitrogen and oxygen atoms in total. The zero-order valence-electron chi connectivity index (χ0n) is 9.32. The second-order valence-electron chi connectivity index (χ2n) is 3.26. The molecule has 1 heterocycles. The zero-order valence-corrected chi connectivity index (χ0v) is 9.32. The summed E-state index contributed by atoms with van der Waals surface area (Å²) in [7, 11) is 1.75. The summed E-state index contributed by atoms with van der Waals surface area (Å²) >= 11 is 0. The predicted molar refractivity (Wildman–Crippen MR) is 56.1 cm³/mol. The van der Waals surface area contributed by atoms with Crippen LogP contribution in [-0.2, 0) is 17.9 Å². The number of nitrogens with zero attached hydrogens (tertiary/aromatic N) is 3. The van der Waals surface area contributed by atoms with Crippen LogP contribution >= 0.6 is 0 Å². The third-order valence-electron chi connectivity index (χ3n) is 2.28. The van der Waals surface area contributed by atoms with Crippen LogP contribution in [0.2, 0.25) is 0 Å². The Labute approximate surface area is 89.1 Å². The Morgan fingerprint density at radius 1 is 1.67 bits per heavy atom. The minimum Gasteiger partial charge on any atom is -0.347 e. The normalized spacial score (nSPS) is 12.5. The molecule has 0 aliphatic heterocycles. The van der Waals surface area contributed by atoms with Crippen molar-refractivity contribution in [2.45, 2.75) is 33.0 Å². The summed E-state index contributed by atoms with van der Waals surface area (Å²) in [5, 5.41) is 13.4. The van der Waals surface area contributed by atoms with E-state index in [1.54, 1.807) is 20.3 Å². The second kappa shape index (κ2) is 5.45. The molecule has 1 atom stereocenters. The molecule has 1 amide bonds. The zero-order chi connectivity index (χ0) is 11.3. The molecule has 0 saturated heterocycles. The molecule has 1 unspecified atom stereocenters. The standard InChI is InChI=1S/C9H17N5O/c1-4-14-6-12-13-8(14)5-11-9(15)7(2)10-3/h6-7,10H,4-5H2,1-3H3,(H,11,15). The molecule has 1 aromatic rings. The Kier molecular flexibility index (Phi) is 4.23. The van der Waals surface area contributed by atoms with Crippen molar-refractivity contribution >= 4 is 5.91 Å². The number of carbonyl (C=O) groups is 1. The van der Waals surface area contributed by atoms with E-state index in [0.717, 1.165) is 12.4 Å². The van der Waals surface area contributed by atoms with E-state index >= 15 is 0 Å². The minimum atomic E-state index is -0.192. The van der Waals surface area contributed by atoms with Gasteiger partial charge in [-0.05, 0) is 20.9 Å². The van der Waals surface area contributed by atoms with Gasteiger partial charge in [0.05, 0.1) is 12.6 Å². The maximum Gasteiger partial charge on any atom is 0.237 e. The fourth-order valence-electron chi connectivity index (χ4n) is 1.13. The number of likely N-dealkylation sites (N-methyl/N-ethyl adjacent to an activating group) is 1. The molecular formula is C9H17N5O. The van der Waals surface area contributed by atoms with Crippen molar-refractivity contribution in [2.75, 3.05) is 7.05 Å². The van der Waals surface area contributed by atoms with Gasteiger partial charge in [-0.3, -0.25) is 4.79 Å². The van der Waals surface area contributed by atoms with E-state index in [9.17, 15) is 4.79 Å². The fraction of sp³-hybridized carbons (Fsp3) is 0.667. The van der Waals surface area contributed by atoms with E-state index < -0.39 is 0 Å². The predicted octanol–water partition coefficient (Wildman–Crippen LogP) is -0.478. The first-order valence-corrected chi connectivity index (χ1v) is 5.00. The molecule has 0 spiro atoms. The van der Waals surface area contributed by atoms with Crippen molar-refractivity contribution in [3.63, 3.8) is 0 Å². The highest BCUT2D eigenvalue weighted by Crippen LogP contribution is 1.94. The molecule has 0 aliphatic rings. The number of hydrogen-bond donors (Lipinski definition) is 2. The highest BCUT2D eigenvalue weighted by Gasteiger charge is 2.10. The van der Waals surface area contributed by atoms with E-state index in [1.165, 1.54) is 0 Å². The van der Waals surface area contributed by atoms with Gasteiger partial charge in [-0.25, -0.2) is 0 Å². The fourth-order valence-corrected chi connectivity index (χ4v) is 1.13. The largest absolute Gasteiger partial charge is 0.347 e. The summed E-state index contributed by atoms with van der Waals surface area (Å²) in [4.78, 5) is 11.4. The van der Waals surface area contributed by atoms with Crippen molar-refractivity contribution in [1.29, 1.82) is 0 Å². The van der Waals surface area contributed by atoms with Crippen molar-refractivity contribution in [3.8, 4) is 0 Å². The van der Waals surface area contributed by atoms with Gasteiger partial charge in [-0.2, -0.15) is 0 Å². The summed E-state index contributed by atoms with van der Waals surface area (Å²) in [6.45, 7) is 5.03. The number of aryl methyl sites for hydroxylation is 1. The molecule has 2 N–H and O–H groups in total. The highest BCUT2D eigenvalue weighted by atomic mass is 16.2. The third-order valence-corrected chi connectivity index (χ3v) is 2.28. The number of amides is 1. The smallest absolute Gasteiger partial charge is 0.237 e. The molecule has 0 aromatic carbocycles. The maximum atomic E-state index is 11.4. The lowest BCUT2D eigenvalue weighted by atomic mass is 10.3. The molecule has 0 bridgehead atoms. The van der Waals surface area contributed by atoms with Crippen molar-refractivity contribution in [1.82, 2.24) is 25.4 Å². The van der Waals surface area contributed by atoms with Crippen LogP contribution in [0.3, 0.4) is 0 Å². The molecule has 15 heavy (non-hydrogen) atoms. The molecule has 0 fully saturated rings.